The van der Waals surface area contributed by atoms with E-state index >= 15 is 0 Å². The zero-order valence-corrected chi connectivity index (χ0v) is 24.8. The maximum absolute atomic E-state index is 14.3. The van der Waals surface area contributed by atoms with Crippen LogP contribution < -0.4 is 15.2 Å². The molecule has 2 atom stereocenters. The van der Waals surface area contributed by atoms with E-state index in [0.717, 1.165) is 30.2 Å². The van der Waals surface area contributed by atoms with E-state index in [1.54, 1.807) is 16.4 Å². The zero-order chi connectivity index (χ0) is 29.5. The quantitative estimate of drug-likeness (QED) is 0.313. The molecule has 2 fully saturated rings. The number of fused-ring (bicyclic) bond motifs is 2. The van der Waals surface area contributed by atoms with Crippen LogP contribution in [0.15, 0.2) is 53.8 Å². The molecule has 1 amide bonds. The molecule has 6 rings (SSSR count). The second-order valence-corrected chi connectivity index (χ2v) is 11.5. The molecule has 0 aliphatic carbocycles. The highest BCUT2D eigenvalue weighted by atomic mass is 35.5. The lowest BCUT2D eigenvalue weighted by atomic mass is 10.1. The highest BCUT2D eigenvalue weighted by Gasteiger charge is 2.31. The lowest BCUT2D eigenvalue weighted by Gasteiger charge is -2.40. The summed E-state index contributed by atoms with van der Waals surface area (Å²) in [6.07, 6.45) is 3.48. The number of benzene rings is 2. The van der Waals surface area contributed by atoms with Gasteiger partial charge in [0.25, 0.3) is 5.56 Å². The molecule has 218 valence electrons. The van der Waals surface area contributed by atoms with Gasteiger partial charge in [-0.15, -0.1) is 0 Å². The normalized spacial score (nSPS) is 19.5. The highest BCUT2D eigenvalue weighted by molar-refractivity contribution is 6.36. The van der Waals surface area contributed by atoms with E-state index in [9.17, 15) is 9.59 Å². The molecule has 0 saturated carbocycles. The number of carbonyl (C=O) groups excluding carboxylic acids is 1. The largest absolute Gasteiger partial charge is 0.462 e. The number of carbonyl (C=O) groups is 1. The van der Waals surface area contributed by atoms with Crippen molar-refractivity contribution in [1.82, 2.24) is 29.3 Å². The van der Waals surface area contributed by atoms with Gasteiger partial charge in [-0.2, -0.15) is 9.97 Å². The fraction of sp³-hybridized carbons (Fsp3) is 0.387. The van der Waals surface area contributed by atoms with E-state index in [1.165, 1.54) is 6.08 Å². The Bertz CT molecular complexity index is 1750. The summed E-state index contributed by atoms with van der Waals surface area (Å²) in [7, 11) is 2.08. The highest BCUT2D eigenvalue weighted by Crippen LogP contribution is 2.31. The summed E-state index contributed by atoms with van der Waals surface area (Å²) < 4.78 is 7.73. The Kier molecular flexibility index (Phi) is 7.59. The van der Waals surface area contributed by atoms with E-state index in [1.807, 2.05) is 43.3 Å². The second-order valence-electron chi connectivity index (χ2n) is 11.1. The first kappa shape index (κ1) is 28.1. The number of anilines is 1. The zero-order valence-electron chi connectivity index (χ0n) is 24.1. The third-order valence-corrected chi connectivity index (χ3v) is 8.70. The minimum absolute atomic E-state index is 0.0871. The van der Waals surface area contributed by atoms with Crippen LogP contribution in [-0.2, 0) is 4.79 Å². The molecule has 2 aromatic heterocycles. The first-order valence-corrected chi connectivity index (χ1v) is 14.6. The molecule has 0 unspecified atom stereocenters. The van der Waals surface area contributed by atoms with Gasteiger partial charge in [0.2, 0.25) is 5.91 Å². The second kappa shape index (κ2) is 11.3. The number of rotatable bonds is 6. The predicted molar refractivity (Wildman–Crippen MR) is 165 cm³/mol. The molecule has 0 spiro atoms. The lowest BCUT2D eigenvalue weighted by molar-refractivity contribution is -0.126. The Hall–Kier alpha value is -4.02. The van der Waals surface area contributed by atoms with Crippen LogP contribution in [0.3, 0.4) is 0 Å². The maximum atomic E-state index is 14.3. The number of halogens is 1. The molecule has 4 heterocycles. The molecule has 0 N–H and O–H groups in total. The monoisotopic (exact) mass is 587 g/mol. The summed E-state index contributed by atoms with van der Waals surface area (Å²) in [4.78, 5) is 47.1. The Morgan fingerprint density at radius 1 is 1.12 bits per heavy atom. The number of ether oxygens (including phenoxy) is 1. The number of likely N-dealkylation sites (N-methyl/N-ethyl adjacent to an activating group) is 1. The molecule has 42 heavy (non-hydrogen) atoms. The molecule has 0 radical (unpaired) electrons. The summed E-state index contributed by atoms with van der Waals surface area (Å²) in [5.74, 6) is 0.903. The van der Waals surface area contributed by atoms with Gasteiger partial charge < -0.3 is 19.4 Å². The van der Waals surface area contributed by atoms with Crippen LogP contribution in [0, 0.1) is 6.92 Å². The van der Waals surface area contributed by atoms with Gasteiger partial charge >= 0.3 is 6.01 Å². The van der Waals surface area contributed by atoms with Crippen molar-refractivity contribution < 1.29 is 9.53 Å². The summed E-state index contributed by atoms with van der Waals surface area (Å²) in [5.41, 5.74) is 0.877. The molecule has 2 aliphatic heterocycles. The summed E-state index contributed by atoms with van der Waals surface area (Å²) >= 11 is 6.64. The van der Waals surface area contributed by atoms with Gasteiger partial charge in [-0.25, -0.2) is 4.98 Å². The maximum Gasteiger partial charge on any atom is 0.319 e. The van der Waals surface area contributed by atoms with E-state index in [2.05, 4.69) is 28.4 Å². The van der Waals surface area contributed by atoms with Crippen molar-refractivity contribution in [2.75, 3.05) is 44.7 Å². The summed E-state index contributed by atoms with van der Waals surface area (Å²) in [5, 5.41) is 2.23. The SMILES string of the molecule is C=CC(=O)N1CCN(c2nc(OC[C@@H]3CCCN3C)nc3c(=O)n(-c4cccc5cccc(Cl)c45)c(C)nc23)[C@@H](C)C1. The van der Waals surface area contributed by atoms with Crippen LogP contribution >= 0.6 is 11.6 Å². The van der Waals surface area contributed by atoms with Crippen LogP contribution in [0.4, 0.5) is 5.82 Å². The average molecular weight is 588 g/mol. The van der Waals surface area contributed by atoms with Crippen molar-refractivity contribution in [2.24, 2.45) is 0 Å². The summed E-state index contributed by atoms with van der Waals surface area (Å²) in [6.45, 7) is 10.4. The van der Waals surface area contributed by atoms with Gasteiger partial charge in [-0.3, -0.25) is 14.2 Å². The molecule has 2 aromatic carbocycles. The Morgan fingerprint density at radius 3 is 2.62 bits per heavy atom. The molecular weight excluding hydrogens is 554 g/mol. The average Bonchev–Trinajstić information content (AvgIpc) is 3.40. The van der Waals surface area contributed by atoms with Crippen LogP contribution in [0.2, 0.25) is 5.02 Å². The van der Waals surface area contributed by atoms with E-state index in [4.69, 9.17) is 26.3 Å². The molecule has 10 nitrogen and oxygen atoms in total. The fourth-order valence-corrected chi connectivity index (χ4v) is 6.39. The number of amides is 1. The molecule has 0 bridgehead atoms. The minimum atomic E-state index is -0.329. The standard InChI is InChI=1S/C31H34ClN7O3/c1-5-25(40)37-15-16-38(19(2)17-37)29-27-28(34-31(35-29)42-18-22-11-8-14-36(22)4)30(41)39(20(3)33-27)24-13-7-10-21-9-6-12-23(32)26(21)24/h5-7,9-10,12-13,19,22H,1,8,11,14-18H2,2-4H3/t19-,22-/m0/s1. The van der Waals surface area contributed by atoms with Crippen LogP contribution in [0.1, 0.15) is 25.6 Å². The third-order valence-electron chi connectivity index (χ3n) is 8.38. The molecule has 2 saturated heterocycles. The van der Waals surface area contributed by atoms with Crippen molar-refractivity contribution in [3.8, 4) is 11.7 Å². The van der Waals surface area contributed by atoms with Gasteiger partial charge in [-0.05, 0) is 63.9 Å². The number of hydrogen-bond acceptors (Lipinski definition) is 8. The number of hydrogen-bond donors (Lipinski definition) is 0. The van der Waals surface area contributed by atoms with Gasteiger partial charge in [0.15, 0.2) is 11.3 Å². The van der Waals surface area contributed by atoms with E-state index < -0.39 is 0 Å². The minimum Gasteiger partial charge on any atom is -0.462 e. The molecule has 4 aromatic rings. The number of likely N-dealkylation sites (tertiary alicyclic amines) is 1. The van der Waals surface area contributed by atoms with Crippen LogP contribution in [0.25, 0.3) is 27.5 Å². The predicted octanol–water partition coefficient (Wildman–Crippen LogP) is 3.99. The third kappa shape index (κ3) is 4.98. The summed E-state index contributed by atoms with van der Waals surface area (Å²) in [6, 6.07) is 11.7. The Labute approximate surface area is 249 Å². The molecule has 11 heteroatoms. The Morgan fingerprint density at radius 2 is 1.90 bits per heavy atom. The van der Waals surface area contributed by atoms with Crippen molar-refractivity contribution in [1.29, 1.82) is 0 Å². The topological polar surface area (TPSA) is 96.7 Å². The van der Waals surface area contributed by atoms with E-state index in [-0.39, 0.29) is 35.1 Å². The van der Waals surface area contributed by atoms with Crippen molar-refractivity contribution >= 4 is 45.1 Å². The Balaban J connectivity index is 1.50. The molecule has 2 aliphatic rings. The van der Waals surface area contributed by atoms with Crippen LogP contribution in [0.5, 0.6) is 6.01 Å². The number of nitrogens with zero attached hydrogens (tertiary/aromatic N) is 7. The smallest absolute Gasteiger partial charge is 0.319 e. The lowest BCUT2D eigenvalue weighted by Crippen LogP contribution is -2.53. The number of aryl methyl sites for hydroxylation is 1. The number of piperazine rings is 1. The van der Waals surface area contributed by atoms with Gasteiger partial charge in [-0.1, -0.05) is 42.4 Å². The van der Waals surface area contributed by atoms with Crippen molar-refractivity contribution in [3.05, 3.63) is 70.3 Å². The van der Waals surface area contributed by atoms with Gasteiger partial charge in [0, 0.05) is 37.1 Å². The van der Waals surface area contributed by atoms with Crippen molar-refractivity contribution in [3.63, 3.8) is 0 Å². The van der Waals surface area contributed by atoms with Gasteiger partial charge in [0.1, 0.15) is 17.9 Å². The molecular formula is C31H34ClN7O3. The van der Waals surface area contributed by atoms with Crippen molar-refractivity contribution in [2.45, 2.75) is 38.8 Å². The van der Waals surface area contributed by atoms with E-state index in [0.29, 0.717) is 54.1 Å². The fourth-order valence-electron chi connectivity index (χ4n) is 6.11. The van der Waals surface area contributed by atoms with Gasteiger partial charge in [0.05, 0.1) is 10.7 Å². The first-order valence-electron chi connectivity index (χ1n) is 14.3. The first-order chi connectivity index (χ1) is 20.3. The number of aromatic nitrogens is 4. The van der Waals surface area contributed by atoms with Crippen LogP contribution in [-0.4, -0.2) is 87.1 Å².